The van der Waals surface area contributed by atoms with E-state index in [0.717, 1.165) is 23.7 Å². The summed E-state index contributed by atoms with van der Waals surface area (Å²) in [6, 6.07) is 13.0. The number of carbonyl (C=O) groups is 2. The van der Waals surface area contributed by atoms with Gasteiger partial charge >= 0.3 is 5.97 Å². The quantitative estimate of drug-likeness (QED) is 0.296. The maximum atomic E-state index is 13.3. The monoisotopic (exact) mass is 373 g/mol. The van der Waals surface area contributed by atoms with Crippen molar-refractivity contribution in [3.8, 4) is 0 Å². The number of likely N-dealkylation sites (tertiary alicyclic amines) is 1. The first-order valence-corrected chi connectivity index (χ1v) is 12.1. The van der Waals surface area contributed by atoms with Crippen molar-refractivity contribution in [2.24, 2.45) is 5.92 Å². The molecule has 2 rings (SSSR count). The fourth-order valence-corrected chi connectivity index (χ4v) is 10.2. The number of carbonyl (C=O) groups excluding carboxylic acids is 2. The first kappa shape index (κ1) is 20.4. The van der Waals surface area contributed by atoms with Crippen LogP contribution in [-0.4, -0.2) is 38.5 Å². The standard InChI is InChI=1S/C21H31NO3Si/c1-6-21(26(7-2,8-3)9-4)16-22(15-17-13-11-10-12-14-17)19(23)18(21)20(24)25-5/h6,10-14,18H,1,7-9,15-16H2,2-5H3/t18-,21+/m1/s1. The Morgan fingerprint density at radius 1 is 1.27 bits per heavy atom. The van der Waals surface area contributed by atoms with Gasteiger partial charge in [-0.2, -0.15) is 0 Å². The van der Waals surface area contributed by atoms with Crippen LogP contribution in [0.4, 0.5) is 0 Å². The number of amides is 1. The molecule has 4 nitrogen and oxygen atoms in total. The van der Waals surface area contributed by atoms with Gasteiger partial charge < -0.3 is 9.64 Å². The van der Waals surface area contributed by atoms with Crippen LogP contribution in [0.25, 0.3) is 0 Å². The van der Waals surface area contributed by atoms with Gasteiger partial charge in [-0.3, -0.25) is 9.59 Å². The number of hydrogen-bond acceptors (Lipinski definition) is 3. The largest absolute Gasteiger partial charge is 0.468 e. The number of methoxy groups -OCH3 is 1. The Labute approximate surface area is 158 Å². The minimum Gasteiger partial charge on any atom is -0.468 e. The topological polar surface area (TPSA) is 46.6 Å². The van der Waals surface area contributed by atoms with Gasteiger partial charge in [-0.05, 0) is 5.56 Å². The van der Waals surface area contributed by atoms with Gasteiger partial charge in [-0.15, -0.1) is 6.58 Å². The molecule has 1 heterocycles. The summed E-state index contributed by atoms with van der Waals surface area (Å²) in [5, 5.41) is -0.482. The number of ether oxygens (including phenoxy) is 1. The first-order chi connectivity index (χ1) is 12.4. The van der Waals surface area contributed by atoms with Crippen LogP contribution in [0.3, 0.4) is 0 Å². The fourth-order valence-electron chi connectivity index (χ4n) is 4.86. The molecule has 5 heteroatoms. The molecule has 0 radical (unpaired) electrons. The Bertz CT molecular complexity index is 648. The van der Waals surface area contributed by atoms with Gasteiger partial charge in [-0.25, -0.2) is 0 Å². The third kappa shape index (κ3) is 3.13. The van der Waals surface area contributed by atoms with Crippen LogP contribution >= 0.6 is 0 Å². The molecule has 0 bridgehead atoms. The molecule has 1 aromatic rings. The van der Waals surface area contributed by atoms with Crippen molar-refractivity contribution in [2.45, 2.75) is 50.5 Å². The van der Waals surface area contributed by atoms with E-state index >= 15 is 0 Å². The van der Waals surface area contributed by atoms with E-state index in [0.29, 0.717) is 13.1 Å². The Hall–Kier alpha value is -1.88. The minimum atomic E-state index is -1.96. The van der Waals surface area contributed by atoms with E-state index < -0.39 is 25.0 Å². The van der Waals surface area contributed by atoms with Crippen LogP contribution in [0.5, 0.6) is 0 Å². The molecule has 0 spiro atoms. The van der Waals surface area contributed by atoms with Crippen LogP contribution < -0.4 is 0 Å². The Balaban J connectivity index is 2.52. The molecule has 1 amide bonds. The number of rotatable bonds is 8. The highest BCUT2D eigenvalue weighted by molar-refractivity contribution is 6.84. The Morgan fingerprint density at radius 3 is 2.31 bits per heavy atom. The van der Waals surface area contributed by atoms with Crippen molar-refractivity contribution >= 4 is 20.0 Å². The Kier molecular flexibility index (Phi) is 6.45. The SMILES string of the molecule is C=C[C@]1([Si](CC)(CC)CC)CN(Cc2ccccc2)C(=O)[C@@H]1C(=O)OC. The predicted octanol–water partition coefficient (Wildman–Crippen LogP) is 4.25. The summed E-state index contributed by atoms with van der Waals surface area (Å²) in [4.78, 5) is 27.8. The maximum absolute atomic E-state index is 13.3. The lowest BCUT2D eigenvalue weighted by atomic mass is 9.94. The summed E-state index contributed by atoms with van der Waals surface area (Å²) in [6.07, 6.45) is 1.92. The van der Waals surface area contributed by atoms with Gasteiger partial charge in [0.05, 0.1) is 15.2 Å². The summed E-state index contributed by atoms with van der Waals surface area (Å²) >= 11 is 0. The van der Waals surface area contributed by atoms with Crippen LogP contribution in [-0.2, 0) is 20.9 Å². The van der Waals surface area contributed by atoms with Gasteiger partial charge in [0.15, 0.2) is 0 Å². The third-order valence-corrected chi connectivity index (χ3v) is 13.2. The number of esters is 1. The van der Waals surface area contributed by atoms with E-state index in [1.54, 1.807) is 0 Å². The van der Waals surface area contributed by atoms with Crippen LogP contribution in [0, 0.1) is 5.92 Å². The van der Waals surface area contributed by atoms with Gasteiger partial charge in [-0.1, -0.05) is 75.3 Å². The van der Waals surface area contributed by atoms with Crippen molar-refractivity contribution in [2.75, 3.05) is 13.7 Å². The van der Waals surface area contributed by atoms with E-state index in [2.05, 4.69) is 27.4 Å². The molecule has 0 unspecified atom stereocenters. The van der Waals surface area contributed by atoms with Crippen LogP contribution in [0.2, 0.25) is 23.2 Å². The summed E-state index contributed by atoms with van der Waals surface area (Å²) in [5.74, 6) is -1.30. The molecule has 0 aliphatic carbocycles. The van der Waals surface area contributed by atoms with Crippen molar-refractivity contribution in [1.29, 1.82) is 0 Å². The Morgan fingerprint density at radius 2 is 1.85 bits per heavy atom. The molecular formula is C21H31NO3Si. The van der Waals surface area contributed by atoms with Crippen LogP contribution in [0.15, 0.2) is 43.0 Å². The molecular weight excluding hydrogens is 342 g/mol. The number of benzene rings is 1. The van der Waals surface area contributed by atoms with Gasteiger partial charge in [0.25, 0.3) is 0 Å². The second-order valence-corrected chi connectivity index (χ2v) is 12.8. The molecule has 0 saturated carbocycles. The van der Waals surface area contributed by atoms with E-state index in [1.807, 2.05) is 41.3 Å². The van der Waals surface area contributed by atoms with E-state index in [4.69, 9.17) is 4.74 Å². The van der Waals surface area contributed by atoms with Crippen molar-refractivity contribution in [3.05, 3.63) is 48.6 Å². The molecule has 1 aromatic carbocycles. The molecule has 1 saturated heterocycles. The molecule has 1 aliphatic rings. The molecule has 1 aliphatic heterocycles. The molecule has 142 valence electrons. The third-order valence-electron chi connectivity index (χ3n) is 6.56. The fraction of sp³-hybridized carbons (Fsp3) is 0.524. The average Bonchev–Trinajstić information content (AvgIpc) is 2.97. The normalized spacial score (nSPS) is 23.2. The maximum Gasteiger partial charge on any atom is 0.318 e. The van der Waals surface area contributed by atoms with Gasteiger partial charge in [0, 0.05) is 18.1 Å². The lowest BCUT2D eigenvalue weighted by Crippen LogP contribution is -2.52. The summed E-state index contributed by atoms with van der Waals surface area (Å²) < 4.78 is 5.08. The predicted molar refractivity (Wildman–Crippen MR) is 107 cm³/mol. The molecule has 26 heavy (non-hydrogen) atoms. The number of nitrogens with zero attached hydrogens (tertiary/aromatic N) is 1. The molecule has 0 aromatic heterocycles. The zero-order valence-electron chi connectivity index (χ0n) is 16.5. The molecule has 1 fully saturated rings. The van der Waals surface area contributed by atoms with Crippen molar-refractivity contribution in [3.63, 3.8) is 0 Å². The highest BCUT2D eigenvalue weighted by Crippen LogP contribution is 2.57. The lowest BCUT2D eigenvalue weighted by Gasteiger charge is -2.46. The molecule has 0 N–H and O–H groups in total. The van der Waals surface area contributed by atoms with Crippen LogP contribution in [0.1, 0.15) is 26.3 Å². The zero-order valence-corrected chi connectivity index (χ0v) is 17.5. The highest BCUT2D eigenvalue weighted by atomic mass is 28.3. The summed E-state index contributed by atoms with van der Waals surface area (Å²) in [5.41, 5.74) is 1.07. The smallest absolute Gasteiger partial charge is 0.318 e. The van der Waals surface area contributed by atoms with E-state index in [-0.39, 0.29) is 5.91 Å². The first-order valence-electron chi connectivity index (χ1n) is 9.49. The van der Waals surface area contributed by atoms with Gasteiger partial charge in [0.2, 0.25) is 5.91 Å². The zero-order chi connectivity index (χ0) is 19.4. The summed E-state index contributed by atoms with van der Waals surface area (Å²) in [6.45, 7) is 11.8. The highest BCUT2D eigenvalue weighted by Gasteiger charge is 2.63. The average molecular weight is 374 g/mol. The van der Waals surface area contributed by atoms with E-state index in [1.165, 1.54) is 7.11 Å². The second kappa shape index (κ2) is 8.21. The van der Waals surface area contributed by atoms with Crippen molar-refractivity contribution in [1.82, 2.24) is 4.90 Å². The lowest BCUT2D eigenvalue weighted by molar-refractivity contribution is -0.151. The minimum absolute atomic E-state index is 0.118. The molecule has 2 atom stereocenters. The number of hydrogen-bond donors (Lipinski definition) is 0. The summed E-state index contributed by atoms with van der Waals surface area (Å²) in [7, 11) is -0.588. The van der Waals surface area contributed by atoms with E-state index in [9.17, 15) is 9.59 Å². The van der Waals surface area contributed by atoms with Gasteiger partial charge in [0.1, 0.15) is 5.92 Å². The van der Waals surface area contributed by atoms with Crippen molar-refractivity contribution < 1.29 is 14.3 Å². The second-order valence-electron chi connectivity index (χ2n) is 7.22.